The average molecular weight is 507 g/mol. The number of hydrogen-bond acceptors (Lipinski definition) is 4. The maximum absolute atomic E-state index is 12.9. The highest BCUT2D eigenvalue weighted by atomic mass is 16.5. The zero-order valence-electron chi connectivity index (χ0n) is 24.0. The number of carbonyl (C=O) groups excluding carboxylic acids is 2. The number of aryl methyl sites for hydroxylation is 2. The number of rotatable bonds is 12. The smallest absolute Gasteiger partial charge is 0.227 e. The Balaban J connectivity index is 0.00000235. The van der Waals surface area contributed by atoms with Gasteiger partial charge >= 0.3 is 0 Å². The van der Waals surface area contributed by atoms with Gasteiger partial charge in [-0.1, -0.05) is 45.0 Å². The van der Waals surface area contributed by atoms with Gasteiger partial charge in [-0.15, -0.1) is 0 Å². The minimum absolute atomic E-state index is 0.140. The lowest BCUT2D eigenvalue weighted by molar-refractivity contribution is -0.118. The summed E-state index contributed by atoms with van der Waals surface area (Å²) in [5.74, 6) is 1.26. The topological polar surface area (TPSA) is 49.9 Å². The van der Waals surface area contributed by atoms with Gasteiger partial charge in [0.25, 0.3) is 0 Å². The molecule has 0 bridgehead atoms. The SMILES string of the molecule is C=C(C)N(CCCCCC(=O)c1cc(C)c2c(c1)CCC(=O)N2C)C(C)Cc1ccccc1OC.CC. The van der Waals surface area contributed by atoms with Crippen LogP contribution in [0.4, 0.5) is 5.69 Å². The molecule has 0 saturated heterocycles. The summed E-state index contributed by atoms with van der Waals surface area (Å²) < 4.78 is 5.52. The largest absolute Gasteiger partial charge is 0.496 e. The van der Waals surface area contributed by atoms with Crippen LogP contribution in [-0.2, 0) is 17.6 Å². The third-order valence-electron chi connectivity index (χ3n) is 7.05. The van der Waals surface area contributed by atoms with E-state index in [0.29, 0.717) is 25.3 Å². The van der Waals surface area contributed by atoms with Crippen LogP contribution >= 0.6 is 0 Å². The van der Waals surface area contributed by atoms with Crippen LogP contribution in [0, 0.1) is 6.92 Å². The number of fused-ring (bicyclic) bond motifs is 1. The van der Waals surface area contributed by atoms with E-state index in [9.17, 15) is 9.59 Å². The second kappa shape index (κ2) is 14.6. The first kappa shape index (κ1) is 30.1. The normalized spacial score (nSPS) is 13.3. The van der Waals surface area contributed by atoms with E-state index in [2.05, 4.69) is 37.5 Å². The number of ketones is 1. The van der Waals surface area contributed by atoms with Crippen molar-refractivity contribution >= 4 is 17.4 Å². The number of ether oxygens (including phenoxy) is 1. The van der Waals surface area contributed by atoms with Crippen molar-refractivity contribution in [2.45, 2.75) is 85.6 Å². The van der Waals surface area contributed by atoms with Gasteiger partial charge in [0.05, 0.1) is 7.11 Å². The van der Waals surface area contributed by atoms with Crippen molar-refractivity contribution in [3.8, 4) is 5.75 Å². The second-order valence-corrected chi connectivity index (χ2v) is 9.78. The third kappa shape index (κ3) is 7.95. The molecule has 1 aliphatic rings. The van der Waals surface area contributed by atoms with E-state index in [1.165, 1.54) is 5.56 Å². The number of anilines is 1. The third-order valence-corrected chi connectivity index (χ3v) is 7.05. The quantitative estimate of drug-likeness (QED) is 0.227. The predicted molar refractivity (Wildman–Crippen MR) is 155 cm³/mol. The molecule has 3 rings (SSSR count). The molecule has 1 aliphatic heterocycles. The van der Waals surface area contributed by atoms with Crippen molar-refractivity contribution < 1.29 is 14.3 Å². The van der Waals surface area contributed by atoms with Gasteiger partial charge in [-0.25, -0.2) is 0 Å². The van der Waals surface area contributed by atoms with Crippen LogP contribution in [0.15, 0.2) is 48.7 Å². The monoisotopic (exact) mass is 506 g/mol. The Labute approximate surface area is 224 Å². The van der Waals surface area contributed by atoms with E-state index in [0.717, 1.165) is 66.1 Å². The first-order valence-corrected chi connectivity index (χ1v) is 13.7. The molecule has 0 aromatic heterocycles. The Hall–Kier alpha value is -3.08. The van der Waals surface area contributed by atoms with Gasteiger partial charge in [-0.05, 0) is 81.3 Å². The predicted octanol–water partition coefficient (Wildman–Crippen LogP) is 7.15. The zero-order chi connectivity index (χ0) is 27.5. The number of allylic oxidation sites excluding steroid dienone is 1. The fourth-order valence-corrected chi connectivity index (χ4v) is 5.19. The van der Waals surface area contributed by atoms with Crippen molar-refractivity contribution in [2.24, 2.45) is 0 Å². The molecule has 0 radical (unpaired) electrons. The number of para-hydroxylation sites is 1. The van der Waals surface area contributed by atoms with Crippen molar-refractivity contribution in [3.05, 3.63) is 70.9 Å². The number of amides is 1. The Kier molecular flexibility index (Phi) is 11.9. The van der Waals surface area contributed by atoms with Gasteiger partial charge in [0.15, 0.2) is 5.78 Å². The summed E-state index contributed by atoms with van der Waals surface area (Å²) in [6.07, 6.45) is 5.56. The van der Waals surface area contributed by atoms with Crippen LogP contribution in [0.2, 0.25) is 0 Å². The summed E-state index contributed by atoms with van der Waals surface area (Å²) in [6, 6.07) is 12.4. The summed E-state index contributed by atoms with van der Waals surface area (Å²) in [5.41, 5.74) is 6.13. The number of nitrogens with zero attached hydrogens (tertiary/aromatic N) is 2. The number of Topliss-reactive ketones (excluding diaryl/α,β-unsaturated/α-hetero) is 1. The molecule has 2 aromatic rings. The molecule has 1 heterocycles. The number of carbonyl (C=O) groups is 2. The van der Waals surface area contributed by atoms with E-state index in [1.807, 2.05) is 52.1 Å². The average Bonchev–Trinajstić information content (AvgIpc) is 2.89. The van der Waals surface area contributed by atoms with E-state index in [1.54, 1.807) is 12.0 Å². The summed E-state index contributed by atoms with van der Waals surface area (Å²) in [5, 5.41) is 0. The molecule has 0 fully saturated rings. The minimum Gasteiger partial charge on any atom is -0.496 e. The van der Waals surface area contributed by atoms with Gasteiger partial charge in [0.1, 0.15) is 5.75 Å². The van der Waals surface area contributed by atoms with Crippen LogP contribution in [0.25, 0.3) is 0 Å². The van der Waals surface area contributed by atoms with Crippen LogP contribution in [-0.4, -0.2) is 43.3 Å². The van der Waals surface area contributed by atoms with E-state index in [4.69, 9.17) is 4.74 Å². The highest BCUT2D eigenvalue weighted by molar-refractivity contribution is 6.00. The molecule has 0 spiro atoms. The maximum atomic E-state index is 12.9. The zero-order valence-corrected chi connectivity index (χ0v) is 24.0. The molecule has 0 N–H and O–H groups in total. The van der Waals surface area contributed by atoms with Gasteiger partial charge in [-0.2, -0.15) is 0 Å². The molecule has 2 aromatic carbocycles. The number of hydrogen-bond donors (Lipinski definition) is 0. The van der Waals surface area contributed by atoms with Crippen molar-refractivity contribution in [2.75, 3.05) is 25.6 Å². The maximum Gasteiger partial charge on any atom is 0.227 e. The fourth-order valence-electron chi connectivity index (χ4n) is 5.19. The number of benzene rings is 2. The van der Waals surface area contributed by atoms with Gasteiger partial charge in [0.2, 0.25) is 5.91 Å². The highest BCUT2D eigenvalue weighted by Gasteiger charge is 2.24. The van der Waals surface area contributed by atoms with Gasteiger partial charge in [-0.3, -0.25) is 9.59 Å². The molecule has 202 valence electrons. The molecule has 1 atom stereocenters. The summed E-state index contributed by atoms with van der Waals surface area (Å²) in [6.45, 7) is 15.4. The van der Waals surface area contributed by atoms with Crippen LogP contribution in [0.1, 0.15) is 86.8 Å². The second-order valence-electron chi connectivity index (χ2n) is 9.78. The number of unbranched alkanes of at least 4 members (excludes halogenated alkanes) is 2. The Bertz CT molecular complexity index is 1080. The molecule has 0 aliphatic carbocycles. The Morgan fingerprint density at radius 1 is 1.14 bits per heavy atom. The molecular weight excluding hydrogens is 460 g/mol. The summed E-state index contributed by atoms with van der Waals surface area (Å²) in [7, 11) is 3.53. The molecular formula is C32H46N2O3. The van der Waals surface area contributed by atoms with Crippen LogP contribution in [0.3, 0.4) is 0 Å². The molecule has 5 nitrogen and oxygen atoms in total. The summed E-state index contributed by atoms with van der Waals surface area (Å²) >= 11 is 0. The molecule has 37 heavy (non-hydrogen) atoms. The molecule has 1 amide bonds. The minimum atomic E-state index is 0.140. The van der Waals surface area contributed by atoms with E-state index in [-0.39, 0.29) is 11.7 Å². The van der Waals surface area contributed by atoms with Crippen LogP contribution in [0.5, 0.6) is 5.75 Å². The molecule has 0 saturated carbocycles. The first-order valence-electron chi connectivity index (χ1n) is 13.7. The standard InChI is InChI=1S/C30H40N2O3.C2H6/c1-21(2)32(23(4)19-24-12-9-10-14-28(24)35-6)17-11-7-8-13-27(33)26-18-22(3)30-25(20-26)15-16-29(34)31(30)5;1-2/h9-10,12,14,18,20,23H,1,7-8,11,13,15-17,19H2,2-6H3;1-2H3. The van der Waals surface area contributed by atoms with E-state index < -0.39 is 0 Å². The van der Waals surface area contributed by atoms with Gasteiger partial charge in [0, 0.05) is 49.4 Å². The summed E-state index contributed by atoms with van der Waals surface area (Å²) in [4.78, 5) is 29.0. The molecule has 1 unspecified atom stereocenters. The lowest BCUT2D eigenvalue weighted by atomic mass is 9.93. The van der Waals surface area contributed by atoms with Gasteiger partial charge < -0.3 is 14.5 Å². The lowest BCUT2D eigenvalue weighted by Crippen LogP contribution is -2.33. The fraction of sp³-hybridized carbons (Fsp3) is 0.500. The van der Waals surface area contributed by atoms with Crippen molar-refractivity contribution in [3.63, 3.8) is 0 Å². The molecule has 5 heteroatoms. The Morgan fingerprint density at radius 3 is 2.51 bits per heavy atom. The van der Waals surface area contributed by atoms with Crippen molar-refractivity contribution in [1.29, 1.82) is 0 Å². The first-order chi connectivity index (χ1) is 17.7. The van der Waals surface area contributed by atoms with Crippen molar-refractivity contribution in [1.82, 2.24) is 4.90 Å². The Morgan fingerprint density at radius 2 is 1.84 bits per heavy atom. The van der Waals surface area contributed by atoms with E-state index >= 15 is 0 Å². The highest BCUT2D eigenvalue weighted by Crippen LogP contribution is 2.32. The van der Waals surface area contributed by atoms with Crippen LogP contribution < -0.4 is 9.64 Å². The lowest BCUT2D eigenvalue weighted by Gasteiger charge is -2.32. The number of methoxy groups -OCH3 is 1.